The summed E-state index contributed by atoms with van der Waals surface area (Å²) in [6, 6.07) is 6.56. The van der Waals surface area contributed by atoms with Crippen LogP contribution in [0.25, 0.3) is 5.69 Å². The van der Waals surface area contributed by atoms with Crippen molar-refractivity contribution < 1.29 is 13.9 Å². The van der Waals surface area contributed by atoms with Gasteiger partial charge in [-0.25, -0.2) is 9.07 Å². The molecule has 1 N–H and O–H groups in total. The minimum Gasteiger partial charge on any atom is -0.379 e. The van der Waals surface area contributed by atoms with E-state index in [2.05, 4.69) is 15.3 Å². The average molecular weight is 372 g/mol. The van der Waals surface area contributed by atoms with Crippen molar-refractivity contribution in [3.63, 3.8) is 0 Å². The first-order chi connectivity index (χ1) is 13.2. The van der Waals surface area contributed by atoms with E-state index in [1.165, 1.54) is 6.07 Å². The lowest BCUT2D eigenvalue weighted by Crippen LogP contribution is -2.38. The van der Waals surface area contributed by atoms with Crippen LogP contribution in [0.4, 0.5) is 4.39 Å². The molecule has 27 heavy (non-hydrogen) atoms. The van der Waals surface area contributed by atoms with Gasteiger partial charge in [-0.3, -0.25) is 9.69 Å². The van der Waals surface area contributed by atoms with Gasteiger partial charge in [0.2, 0.25) is 0 Å². The average Bonchev–Trinajstić information content (AvgIpc) is 3.29. The number of carbonyl (C=O) groups is 1. The fraction of sp³-hybridized carbons (Fsp3) is 0.500. The predicted molar refractivity (Wildman–Crippen MR) is 99.8 cm³/mol. The molecule has 0 atom stereocenters. The number of aromatic nitrogens is 2. The molecule has 1 aliphatic carbocycles. The van der Waals surface area contributed by atoms with E-state index in [0.29, 0.717) is 17.9 Å². The SMILES string of the molecule is O=C(NCCCN1CCOCC1)c1nn(-c2ccccc2F)c2c1CCC2. The topological polar surface area (TPSA) is 59.4 Å². The van der Waals surface area contributed by atoms with Crippen LogP contribution in [-0.2, 0) is 17.6 Å². The summed E-state index contributed by atoms with van der Waals surface area (Å²) in [5, 5.41) is 7.45. The Hall–Kier alpha value is -2.25. The molecule has 2 heterocycles. The van der Waals surface area contributed by atoms with Gasteiger partial charge in [0.1, 0.15) is 11.5 Å². The highest BCUT2D eigenvalue weighted by Gasteiger charge is 2.27. The van der Waals surface area contributed by atoms with E-state index < -0.39 is 0 Å². The quantitative estimate of drug-likeness (QED) is 0.788. The molecule has 7 heteroatoms. The molecule has 0 saturated carbocycles. The Morgan fingerprint density at radius 2 is 2.04 bits per heavy atom. The maximum atomic E-state index is 14.2. The lowest BCUT2D eigenvalue weighted by molar-refractivity contribution is 0.0374. The normalized spacial score (nSPS) is 17.1. The number of benzene rings is 1. The zero-order chi connectivity index (χ0) is 18.6. The van der Waals surface area contributed by atoms with Crippen molar-refractivity contribution in [2.24, 2.45) is 0 Å². The number of ether oxygens (including phenoxy) is 1. The summed E-state index contributed by atoms with van der Waals surface area (Å²) < 4.78 is 21.2. The highest BCUT2D eigenvalue weighted by atomic mass is 19.1. The summed E-state index contributed by atoms with van der Waals surface area (Å²) in [4.78, 5) is 15.0. The Labute approximate surface area is 158 Å². The molecule has 6 nitrogen and oxygen atoms in total. The van der Waals surface area contributed by atoms with Gasteiger partial charge in [0, 0.05) is 30.9 Å². The van der Waals surface area contributed by atoms with E-state index in [-0.39, 0.29) is 11.7 Å². The van der Waals surface area contributed by atoms with E-state index >= 15 is 0 Å². The minimum atomic E-state index is -0.327. The number of para-hydroxylation sites is 1. The maximum absolute atomic E-state index is 14.2. The first-order valence-electron chi connectivity index (χ1n) is 9.68. The van der Waals surface area contributed by atoms with Gasteiger partial charge in [0.15, 0.2) is 5.69 Å². The van der Waals surface area contributed by atoms with Gasteiger partial charge >= 0.3 is 0 Å². The van der Waals surface area contributed by atoms with Crippen LogP contribution < -0.4 is 5.32 Å². The molecule has 1 aromatic carbocycles. The third-order valence-electron chi connectivity index (χ3n) is 5.27. The molecule has 1 fully saturated rings. The number of amides is 1. The highest BCUT2D eigenvalue weighted by molar-refractivity contribution is 5.94. The van der Waals surface area contributed by atoms with Crippen molar-refractivity contribution in [1.82, 2.24) is 20.0 Å². The number of fused-ring (bicyclic) bond motifs is 1. The van der Waals surface area contributed by atoms with E-state index in [1.54, 1.807) is 22.9 Å². The van der Waals surface area contributed by atoms with Crippen LogP contribution in [0.1, 0.15) is 34.6 Å². The molecule has 1 aromatic heterocycles. The monoisotopic (exact) mass is 372 g/mol. The van der Waals surface area contributed by atoms with Crippen LogP contribution in [0.2, 0.25) is 0 Å². The number of hydrogen-bond donors (Lipinski definition) is 1. The molecule has 2 aliphatic rings. The van der Waals surface area contributed by atoms with Crippen LogP contribution in [0.15, 0.2) is 24.3 Å². The Morgan fingerprint density at radius 3 is 2.85 bits per heavy atom. The molecular formula is C20H25FN4O2. The number of carbonyl (C=O) groups excluding carboxylic acids is 1. The second-order valence-corrected chi connectivity index (χ2v) is 7.05. The molecule has 2 aromatic rings. The Morgan fingerprint density at radius 1 is 1.22 bits per heavy atom. The minimum absolute atomic E-state index is 0.162. The van der Waals surface area contributed by atoms with Crippen LogP contribution >= 0.6 is 0 Å². The lowest BCUT2D eigenvalue weighted by atomic mass is 10.2. The molecule has 0 spiro atoms. The van der Waals surface area contributed by atoms with Crippen molar-refractivity contribution in [3.8, 4) is 5.69 Å². The summed E-state index contributed by atoms with van der Waals surface area (Å²) in [6.45, 7) is 5.03. The van der Waals surface area contributed by atoms with E-state index in [0.717, 1.165) is 69.8 Å². The molecule has 144 valence electrons. The fourth-order valence-corrected chi connectivity index (χ4v) is 3.86. The van der Waals surface area contributed by atoms with E-state index in [4.69, 9.17) is 4.74 Å². The van der Waals surface area contributed by atoms with Crippen LogP contribution in [0, 0.1) is 5.82 Å². The van der Waals surface area contributed by atoms with Crippen molar-refractivity contribution in [3.05, 3.63) is 47.0 Å². The van der Waals surface area contributed by atoms with E-state index in [1.807, 2.05) is 0 Å². The summed E-state index contributed by atoms with van der Waals surface area (Å²) in [5.41, 5.74) is 2.77. The zero-order valence-electron chi connectivity index (χ0n) is 15.4. The molecule has 1 saturated heterocycles. The molecule has 0 bridgehead atoms. The largest absolute Gasteiger partial charge is 0.379 e. The molecule has 1 amide bonds. The number of nitrogens with zero attached hydrogens (tertiary/aromatic N) is 3. The number of nitrogens with one attached hydrogen (secondary N) is 1. The Bertz CT molecular complexity index is 814. The van der Waals surface area contributed by atoms with Gasteiger partial charge in [-0.1, -0.05) is 12.1 Å². The Kier molecular flexibility index (Phi) is 5.50. The van der Waals surface area contributed by atoms with Crippen molar-refractivity contribution in [1.29, 1.82) is 0 Å². The predicted octanol–water partition coefficient (Wildman–Crippen LogP) is 1.95. The van der Waals surface area contributed by atoms with E-state index in [9.17, 15) is 9.18 Å². The molecule has 0 unspecified atom stereocenters. The molecule has 1 aliphatic heterocycles. The fourth-order valence-electron chi connectivity index (χ4n) is 3.86. The van der Waals surface area contributed by atoms with Gasteiger partial charge in [0.25, 0.3) is 5.91 Å². The van der Waals surface area contributed by atoms with Gasteiger partial charge in [-0.15, -0.1) is 0 Å². The van der Waals surface area contributed by atoms with Gasteiger partial charge in [0.05, 0.1) is 13.2 Å². The van der Waals surface area contributed by atoms with Crippen LogP contribution in [-0.4, -0.2) is 60.0 Å². The third-order valence-corrected chi connectivity index (χ3v) is 5.27. The zero-order valence-corrected chi connectivity index (χ0v) is 15.4. The standard InChI is InChI=1S/C20H25FN4O2/c21-16-6-1-2-7-18(16)25-17-8-3-5-15(17)19(23-25)20(26)22-9-4-10-24-11-13-27-14-12-24/h1-2,6-7H,3-5,8-14H2,(H,22,26). The lowest BCUT2D eigenvalue weighted by Gasteiger charge is -2.26. The van der Waals surface area contributed by atoms with Gasteiger partial charge < -0.3 is 10.1 Å². The van der Waals surface area contributed by atoms with Crippen LogP contribution in [0.3, 0.4) is 0 Å². The number of rotatable bonds is 6. The van der Waals surface area contributed by atoms with Crippen molar-refractivity contribution >= 4 is 5.91 Å². The van der Waals surface area contributed by atoms with Gasteiger partial charge in [-0.05, 0) is 44.4 Å². The first kappa shape index (κ1) is 18.1. The third kappa shape index (κ3) is 3.89. The first-order valence-corrected chi connectivity index (χ1v) is 9.68. The summed E-state index contributed by atoms with van der Waals surface area (Å²) in [5.74, 6) is -0.489. The van der Waals surface area contributed by atoms with Crippen molar-refractivity contribution in [2.75, 3.05) is 39.4 Å². The summed E-state index contributed by atoms with van der Waals surface area (Å²) in [7, 11) is 0. The molecule has 0 radical (unpaired) electrons. The molecule has 4 rings (SSSR count). The number of halogens is 1. The highest BCUT2D eigenvalue weighted by Crippen LogP contribution is 2.28. The smallest absolute Gasteiger partial charge is 0.272 e. The van der Waals surface area contributed by atoms with Crippen molar-refractivity contribution in [2.45, 2.75) is 25.7 Å². The second kappa shape index (κ2) is 8.19. The van der Waals surface area contributed by atoms with Gasteiger partial charge in [-0.2, -0.15) is 5.10 Å². The number of hydrogen-bond acceptors (Lipinski definition) is 4. The summed E-state index contributed by atoms with van der Waals surface area (Å²) >= 11 is 0. The summed E-state index contributed by atoms with van der Waals surface area (Å²) in [6.07, 6.45) is 3.50. The van der Waals surface area contributed by atoms with Crippen LogP contribution in [0.5, 0.6) is 0 Å². The second-order valence-electron chi connectivity index (χ2n) is 7.05. The molecular weight excluding hydrogens is 347 g/mol. The Balaban J connectivity index is 1.42. The number of morpholine rings is 1. The maximum Gasteiger partial charge on any atom is 0.272 e.